The second kappa shape index (κ2) is 4.64. The second-order valence-corrected chi connectivity index (χ2v) is 5.15. The minimum absolute atomic E-state index is 0.409. The summed E-state index contributed by atoms with van der Waals surface area (Å²) in [6, 6.07) is 0. The van der Waals surface area contributed by atoms with Gasteiger partial charge in [-0.1, -0.05) is 6.92 Å². The molecule has 0 aliphatic rings. The smallest absolute Gasteiger partial charge is 0.306 e. The topological polar surface area (TPSA) is 68.0 Å². The predicted molar refractivity (Wildman–Crippen MR) is 73.2 cm³/mol. The molecule has 1 N–H and O–H groups in total. The molecule has 1 atom stereocenters. The lowest BCUT2D eigenvalue weighted by Crippen LogP contribution is -2.14. The molecule has 0 aliphatic heterocycles. The van der Waals surface area contributed by atoms with Gasteiger partial charge in [-0.25, -0.2) is 4.98 Å². The summed E-state index contributed by atoms with van der Waals surface area (Å²) in [5, 5.41) is 14.5. The summed E-state index contributed by atoms with van der Waals surface area (Å²) in [5.74, 6) is -1.18. The summed E-state index contributed by atoms with van der Waals surface area (Å²) in [7, 11) is 1.88. The Hall–Kier alpha value is -1.91. The van der Waals surface area contributed by atoms with Crippen molar-refractivity contribution in [2.75, 3.05) is 0 Å². The second-order valence-electron chi connectivity index (χ2n) is 5.15. The number of rotatable bonds is 3. The first kappa shape index (κ1) is 13.5. The van der Waals surface area contributed by atoms with E-state index in [9.17, 15) is 4.79 Å². The van der Waals surface area contributed by atoms with E-state index in [0.717, 1.165) is 33.5 Å². The molecule has 0 fully saturated rings. The molecule has 0 amide bonds. The molecule has 2 aromatic heterocycles. The van der Waals surface area contributed by atoms with Crippen molar-refractivity contribution < 1.29 is 9.90 Å². The zero-order chi connectivity index (χ0) is 14.3. The van der Waals surface area contributed by atoms with Crippen LogP contribution in [0.1, 0.15) is 29.4 Å². The van der Waals surface area contributed by atoms with Crippen LogP contribution in [0.4, 0.5) is 0 Å². The lowest BCUT2D eigenvalue weighted by molar-refractivity contribution is -0.141. The summed E-state index contributed by atoms with van der Waals surface area (Å²) in [6.45, 7) is 7.63. The van der Waals surface area contributed by atoms with E-state index in [4.69, 9.17) is 5.11 Å². The van der Waals surface area contributed by atoms with Gasteiger partial charge in [0.05, 0.1) is 11.6 Å². The van der Waals surface area contributed by atoms with Crippen molar-refractivity contribution in [3.63, 3.8) is 0 Å². The largest absolute Gasteiger partial charge is 0.481 e. The molecular formula is C14H19N3O2. The van der Waals surface area contributed by atoms with Gasteiger partial charge in [0.25, 0.3) is 0 Å². The lowest BCUT2D eigenvalue weighted by Gasteiger charge is -2.13. The minimum atomic E-state index is -0.776. The van der Waals surface area contributed by atoms with Crippen LogP contribution in [0, 0.1) is 26.7 Å². The maximum absolute atomic E-state index is 11.0. The Morgan fingerprint density at radius 3 is 2.53 bits per heavy atom. The van der Waals surface area contributed by atoms with E-state index >= 15 is 0 Å². The third-order valence-electron chi connectivity index (χ3n) is 3.66. The van der Waals surface area contributed by atoms with Crippen LogP contribution >= 0.6 is 0 Å². The zero-order valence-corrected chi connectivity index (χ0v) is 12.0. The SMILES string of the molecule is Cc1nc2c(c(C)nn2C)c(C)c1CC(C)C(=O)O. The Morgan fingerprint density at radius 2 is 1.95 bits per heavy atom. The van der Waals surface area contributed by atoms with Crippen LogP contribution in [0.25, 0.3) is 11.0 Å². The summed E-state index contributed by atoms with van der Waals surface area (Å²) in [5.41, 5.74) is 4.81. The Kier molecular flexibility index (Phi) is 3.30. The number of aryl methyl sites for hydroxylation is 4. The Balaban J connectivity index is 2.62. The number of carboxylic acid groups (broad SMARTS) is 1. The van der Waals surface area contributed by atoms with Crippen LogP contribution in [0.5, 0.6) is 0 Å². The molecule has 2 rings (SSSR count). The van der Waals surface area contributed by atoms with Gasteiger partial charge in [0, 0.05) is 18.1 Å². The summed E-state index contributed by atoms with van der Waals surface area (Å²) >= 11 is 0. The van der Waals surface area contributed by atoms with Gasteiger partial charge < -0.3 is 5.11 Å². The third kappa shape index (κ3) is 2.20. The number of hydrogen-bond acceptors (Lipinski definition) is 3. The molecule has 5 heteroatoms. The van der Waals surface area contributed by atoms with Crippen molar-refractivity contribution in [3.05, 3.63) is 22.5 Å². The van der Waals surface area contributed by atoms with E-state index < -0.39 is 11.9 Å². The fourth-order valence-corrected chi connectivity index (χ4v) is 2.56. The zero-order valence-electron chi connectivity index (χ0n) is 12.0. The maximum Gasteiger partial charge on any atom is 0.306 e. The van der Waals surface area contributed by atoms with E-state index in [2.05, 4.69) is 10.1 Å². The van der Waals surface area contributed by atoms with Crippen molar-refractivity contribution in [3.8, 4) is 0 Å². The first-order valence-corrected chi connectivity index (χ1v) is 6.35. The van der Waals surface area contributed by atoms with Crippen molar-refractivity contribution in [2.24, 2.45) is 13.0 Å². The van der Waals surface area contributed by atoms with Crippen LogP contribution in [0.2, 0.25) is 0 Å². The highest BCUT2D eigenvalue weighted by molar-refractivity contribution is 5.83. The highest BCUT2D eigenvalue weighted by Gasteiger charge is 2.19. The van der Waals surface area contributed by atoms with Gasteiger partial charge in [-0.15, -0.1) is 0 Å². The molecule has 2 aromatic rings. The van der Waals surface area contributed by atoms with Gasteiger partial charge in [-0.2, -0.15) is 5.10 Å². The molecule has 1 unspecified atom stereocenters. The maximum atomic E-state index is 11.0. The predicted octanol–water partition coefficient (Wildman–Crippen LogP) is 2.16. The van der Waals surface area contributed by atoms with E-state index in [1.807, 2.05) is 27.8 Å². The van der Waals surface area contributed by atoms with Crippen LogP contribution in [-0.2, 0) is 18.3 Å². The number of aromatic nitrogens is 3. The van der Waals surface area contributed by atoms with E-state index in [0.29, 0.717) is 6.42 Å². The molecular weight excluding hydrogens is 242 g/mol. The number of fused-ring (bicyclic) bond motifs is 1. The summed E-state index contributed by atoms with van der Waals surface area (Å²) in [4.78, 5) is 15.6. The number of carbonyl (C=O) groups is 1. The fraction of sp³-hybridized carbons (Fsp3) is 0.500. The van der Waals surface area contributed by atoms with Gasteiger partial charge in [0.15, 0.2) is 5.65 Å². The van der Waals surface area contributed by atoms with Gasteiger partial charge >= 0.3 is 5.97 Å². The molecule has 0 radical (unpaired) electrons. The van der Waals surface area contributed by atoms with Gasteiger partial charge in [0.2, 0.25) is 0 Å². The average molecular weight is 261 g/mol. The van der Waals surface area contributed by atoms with Gasteiger partial charge in [-0.3, -0.25) is 9.48 Å². The molecule has 0 saturated carbocycles. The molecule has 0 saturated heterocycles. The summed E-state index contributed by atoms with van der Waals surface area (Å²) < 4.78 is 1.77. The third-order valence-corrected chi connectivity index (χ3v) is 3.66. The van der Waals surface area contributed by atoms with E-state index in [1.165, 1.54) is 0 Å². The number of pyridine rings is 1. The number of hydrogen-bond donors (Lipinski definition) is 1. The Bertz CT molecular complexity index is 658. The van der Waals surface area contributed by atoms with Crippen molar-refractivity contribution in [2.45, 2.75) is 34.1 Å². The highest BCUT2D eigenvalue weighted by atomic mass is 16.4. The Morgan fingerprint density at radius 1 is 1.32 bits per heavy atom. The highest BCUT2D eigenvalue weighted by Crippen LogP contribution is 2.26. The molecule has 2 heterocycles. The fourth-order valence-electron chi connectivity index (χ4n) is 2.56. The molecule has 0 aliphatic carbocycles. The number of aliphatic carboxylic acids is 1. The van der Waals surface area contributed by atoms with Crippen LogP contribution in [-0.4, -0.2) is 25.8 Å². The molecule has 5 nitrogen and oxygen atoms in total. The standard InChI is InChI=1S/C14H19N3O2/c1-7(14(18)19)6-11-8(2)12-10(4)16-17(5)13(12)15-9(11)3/h7H,6H2,1-5H3,(H,18,19). The molecule has 102 valence electrons. The first-order chi connectivity index (χ1) is 8.82. The van der Waals surface area contributed by atoms with Gasteiger partial charge in [0.1, 0.15) is 0 Å². The van der Waals surface area contributed by atoms with E-state index in [-0.39, 0.29) is 0 Å². The quantitative estimate of drug-likeness (QED) is 0.919. The van der Waals surface area contributed by atoms with Crippen LogP contribution in [0.3, 0.4) is 0 Å². The monoisotopic (exact) mass is 261 g/mol. The Labute approximate surface area is 112 Å². The van der Waals surface area contributed by atoms with Crippen molar-refractivity contribution in [1.82, 2.24) is 14.8 Å². The number of carboxylic acids is 1. The molecule has 0 aromatic carbocycles. The van der Waals surface area contributed by atoms with Crippen molar-refractivity contribution in [1.29, 1.82) is 0 Å². The normalized spacial score (nSPS) is 12.9. The minimum Gasteiger partial charge on any atom is -0.481 e. The average Bonchev–Trinajstić information content (AvgIpc) is 2.59. The van der Waals surface area contributed by atoms with Gasteiger partial charge in [-0.05, 0) is 38.3 Å². The molecule has 0 spiro atoms. The van der Waals surface area contributed by atoms with E-state index in [1.54, 1.807) is 11.6 Å². The number of nitrogens with zero attached hydrogens (tertiary/aromatic N) is 3. The molecule has 0 bridgehead atoms. The van der Waals surface area contributed by atoms with Crippen molar-refractivity contribution >= 4 is 17.0 Å². The molecule has 19 heavy (non-hydrogen) atoms. The van der Waals surface area contributed by atoms with Crippen LogP contribution in [0.15, 0.2) is 0 Å². The summed E-state index contributed by atoms with van der Waals surface area (Å²) in [6.07, 6.45) is 0.504. The lowest BCUT2D eigenvalue weighted by atomic mass is 9.94. The van der Waals surface area contributed by atoms with Crippen LogP contribution < -0.4 is 0 Å². The first-order valence-electron chi connectivity index (χ1n) is 6.35.